The average molecular weight is 289 g/mol. The molecule has 1 heterocycles. The number of rotatable bonds is 2. The van der Waals surface area contributed by atoms with E-state index in [1.54, 1.807) is 32.9 Å². The van der Waals surface area contributed by atoms with Crippen LogP contribution in [-0.4, -0.2) is 39.8 Å². The summed E-state index contributed by atoms with van der Waals surface area (Å²) >= 11 is 0. The topological polar surface area (TPSA) is 66.8 Å². The molecule has 5 nitrogen and oxygen atoms in total. The zero-order valence-corrected chi connectivity index (χ0v) is 12.3. The summed E-state index contributed by atoms with van der Waals surface area (Å²) in [5.74, 6) is -0.632. The summed E-state index contributed by atoms with van der Waals surface area (Å²) < 4.78 is 5.16. The maximum atomic E-state index is 12.0. The second-order valence-electron chi connectivity index (χ2n) is 5.89. The Hall–Kier alpha value is -2.14. The molecule has 0 spiro atoms. The van der Waals surface area contributed by atoms with Crippen molar-refractivity contribution in [1.82, 2.24) is 4.90 Å². The number of imide groups is 1. The number of hydrogen-bond acceptors (Lipinski definition) is 4. The van der Waals surface area contributed by atoms with Gasteiger partial charge in [-0.2, -0.15) is 0 Å². The third kappa shape index (κ3) is 3.49. The van der Waals surface area contributed by atoms with Gasteiger partial charge in [-0.1, -0.05) is 42.5 Å². The number of carbonyl (C=O) groups excluding carboxylic acids is 2. The molecule has 0 aliphatic carbocycles. The first-order valence-electron chi connectivity index (χ1n) is 6.77. The van der Waals surface area contributed by atoms with Crippen LogP contribution in [0.25, 0.3) is 6.08 Å². The van der Waals surface area contributed by atoms with Crippen LogP contribution >= 0.6 is 0 Å². The SMILES string of the molecule is CC(C)(C)OC(=O)N1C(=O)[C@H](O)[C@@H]1/C=C/c1ccccc1. The van der Waals surface area contributed by atoms with Gasteiger partial charge in [0.1, 0.15) is 5.60 Å². The van der Waals surface area contributed by atoms with E-state index in [1.165, 1.54) is 0 Å². The van der Waals surface area contributed by atoms with E-state index < -0.39 is 29.7 Å². The molecular formula is C16H19NO4. The lowest BCUT2D eigenvalue weighted by molar-refractivity contribution is -0.159. The van der Waals surface area contributed by atoms with Crippen molar-refractivity contribution >= 4 is 18.1 Å². The van der Waals surface area contributed by atoms with E-state index in [9.17, 15) is 14.7 Å². The zero-order chi connectivity index (χ0) is 15.6. The molecule has 0 aromatic heterocycles. The molecule has 1 aliphatic heterocycles. The lowest BCUT2D eigenvalue weighted by Gasteiger charge is -2.41. The van der Waals surface area contributed by atoms with Crippen molar-refractivity contribution in [2.75, 3.05) is 0 Å². The standard InChI is InChI=1S/C16H19NO4/c1-16(2,3)21-15(20)17-12(13(18)14(17)19)10-9-11-7-5-4-6-8-11/h4-10,12-13,18H,1-3H3/b10-9+/t12-,13+/m0/s1. The summed E-state index contributed by atoms with van der Waals surface area (Å²) in [7, 11) is 0. The number of nitrogens with zero attached hydrogens (tertiary/aromatic N) is 1. The molecular weight excluding hydrogens is 270 g/mol. The predicted octanol–water partition coefficient (Wildman–Crippen LogP) is 2.21. The molecule has 1 aliphatic rings. The molecule has 2 amide bonds. The Morgan fingerprint density at radius 3 is 2.48 bits per heavy atom. The van der Waals surface area contributed by atoms with E-state index in [1.807, 2.05) is 30.3 Å². The highest BCUT2D eigenvalue weighted by Crippen LogP contribution is 2.25. The number of aliphatic hydroxyl groups excluding tert-OH is 1. The molecule has 1 aromatic carbocycles. The van der Waals surface area contributed by atoms with Gasteiger partial charge >= 0.3 is 6.09 Å². The van der Waals surface area contributed by atoms with Crippen LogP contribution in [0.4, 0.5) is 4.79 Å². The van der Waals surface area contributed by atoms with Crippen molar-refractivity contribution in [2.45, 2.75) is 38.5 Å². The fourth-order valence-corrected chi connectivity index (χ4v) is 1.98. The van der Waals surface area contributed by atoms with E-state index in [4.69, 9.17) is 4.74 Å². The molecule has 0 unspecified atom stereocenters. The number of carbonyl (C=O) groups is 2. The fourth-order valence-electron chi connectivity index (χ4n) is 1.98. The average Bonchev–Trinajstić information content (AvgIpc) is 2.41. The smallest absolute Gasteiger partial charge is 0.417 e. The molecule has 1 N–H and O–H groups in total. The Labute approximate surface area is 123 Å². The van der Waals surface area contributed by atoms with Crippen molar-refractivity contribution in [3.8, 4) is 0 Å². The van der Waals surface area contributed by atoms with E-state index >= 15 is 0 Å². The zero-order valence-electron chi connectivity index (χ0n) is 12.3. The van der Waals surface area contributed by atoms with E-state index in [0.717, 1.165) is 10.5 Å². The maximum absolute atomic E-state index is 12.0. The molecule has 2 atom stereocenters. The van der Waals surface area contributed by atoms with Gasteiger partial charge in [-0.3, -0.25) is 4.79 Å². The minimum absolute atomic E-state index is 0.632. The van der Waals surface area contributed by atoms with Gasteiger partial charge in [0, 0.05) is 0 Å². The lowest BCUT2D eigenvalue weighted by atomic mass is 9.97. The highest BCUT2D eigenvalue weighted by atomic mass is 16.6. The molecule has 112 valence electrons. The number of aliphatic hydroxyl groups is 1. The third-order valence-electron chi connectivity index (χ3n) is 2.99. The third-order valence-corrected chi connectivity index (χ3v) is 2.99. The van der Waals surface area contributed by atoms with Gasteiger partial charge in [0.15, 0.2) is 6.10 Å². The summed E-state index contributed by atoms with van der Waals surface area (Å²) in [6.45, 7) is 5.17. The summed E-state index contributed by atoms with van der Waals surface area (Å²) in [5, 5.41) is 9.72. The second-order valence-corrected chi connectivity index (χ2v) is 5.89. The number of β-lactam (4-membered cyclic amide) rings is 1. The van der Waals surface area contributed by atoms with Gasteiger partial charge in [0.25, 0.3) is 5.91 Å². The molecule has 1 aromatic rings. The molecule has 0 bridgehead atoms. The first kappa shape index (κ1) is 15.3. The van der Waals surface area contributed by atoms with Gasteiger partial charge in [0.2, 0.25) is 0 Å². The number of ether oxygens (including phenoxy) is 1. The maximum Gasteiger partial charge on any atom is 0.417 e. The molecule has 0 saturated carbocycles. The number of benzene rings is 1. The van der Waals surface area contributed by atoms with Crippen LogP contribution in [0.15, 0.2) is 36.4 Å². The summed E-state index contributed by atoms with van der Waals surface area (Å²) in [6.07, 6.45) is 1.46. The molecule has 0 radical (unpaired) electrons. The van der Waals surface area contributed by atoms with Crippen molar-refractivity contribution < 1.29 is 19.4 Å². The van der Waals surface area contributed by atoms with E-state index in [0.29, 0.717) is 0 Å². The largest absolute Gasteiger partial charge is 0.443 e. The Morgan fingerprint density at radius 1 is 1.29 bits per heavy atom. The number of amides is 2. The summed E-state index contributed by atoms with van der Waals surface area (Å²) in [5.41, 5.74) is 0.235. The van der Waals surface area contributed by atoms with Gasteiger partial charge in [-0.05, 0) is 26.3 Å². The highest BCUT2D eigenvalue weighted by Gasteiger charge is 2.50. The normalized spacial score (nSPS) is 22.3. The molecule has 21 heavy (non-hydrogen) atoms. The summed E-state index contributed by atoms with van der Waals surface area (Å²) in [6, 6.07) is 8.75. The van der Waals surface area contributed by atoms with Crippen molar-refractivity contribution in [1.29, 1.82) is 0 Å². The lowest BCUT2D eigenvalue weighted by Crippen LogP contribution is -2.66. The van der Waals surface area contributed by atoms with Gasteiger partial charge in [-0.15, -0.1) is 0 Å². The first-order chi connectivity index (χ1) is 9.79. The second kappa shape index (κ2) is 5.69. The van der Waals surface area contributed by atoms with Crippen LogP contribution in [0.5, 0.6) is 0 Å². The Morgan fingerprint density at radius 2 is 1.90 bits per heavy atom. The van der Waals surface area contributed by atoms with Gasteiger partial charge in [-0.25, -0.2) is 9.69 Å². The van der Waals surface area contributed by atoms with Crippen LogP contribution in [-0.2, 0) is 9.53 Å². The van der Waals surface area contributed by atoms with Crippen LogP contribution in [0, 0.1) is 0 Å². The van der Waals surface area contributed by atoms with Crippen LogP contribution < -0.4 is 0 Å². The van der Waals surface area contributed by atoms with Crippen LogP contribution in [0.3, 0.4) is 0 Å². The monoisotopic (exact) mass is 289 g/mol. The van der Waals surface area contributed by atoms with E-state index in [2.05, 4.69) is 0 Å². The summed E-state index contributed by atoms with van der Waals surface area (Å²) in [4.78, 5) is 24.5. The van der Waals surface area contributed by atoms with Crippen molar-refractivity contribution in [3.05, 3.63) is 42.0 Å². The molecule has 2 rings (SSSR count). The Kier molecular flexibility index (Phi) is 4.14. The highest BCUT2D eigenvalue weighted by molar-refractivity contribution is 6.01. The molecule has 1 saturated heterocycles. The minimum atomic E-state index is -1.20. The number of likely N-dealkylation sites (tertiary alicyclic amines) is 1. The van der Waals surface area contributed by atoms with E-state index in [-0.39, 0.29) is 0 Å². The van der Waals surface area contributed by atoms with Crippen molar-refractivity contribution in [3.63, 3.8) is 0 Å². The quantitative estimate of drug-likeness (QED) is 0.848. The van der Waals surface area contributed by atoms with Gasteiger partial charge < -0.3 is 9.84 Å². The van der Waals surface area contributed by atoms with Crippen LogP contribution in [0.2, 0.25) is 0 Å². The van der Waals surface area contributed by atoms with Crippen molar-refractivity contribution in [2.24, 2.45) is 0 Å². The van der Waals surface area contributed by atoms with Gasteiger partial charge in [0.05, 0.1) is 6.04 Å². The fraction of sp³-hybridized carbons (Fsp3) is 0.375. The Bertz CT molecular complexity index is 559. The predicted molar refractivity (Wildman–Crippen MR) is 78.4 cm³/mol. The number of hydrogen-bond donors (Lipinski definition) is 1. The van der Waals surface area contributed by atoms with Crippen LogP contribution in [0.1, 0.15) is 26.3 Å². The molecule has 5 heteroatoms. The molecule has 1 fully saturated rings. The minimum Gasteiger partial charge on any atom is -0.443 e. The Balaban J connectivity index is 2.09. The first-order valence-corrected chi connectivity index (χ1v) is 6.77.